The van der Waals surface area contributed by atoms with E-state index in [1.165, 1.54) is 5.56 Å². The number of hydrogen-bond donors (Lipinski definition) is 2. The number of rotatable bonds is 7. The molecule has 0 saturated carbocycles. The summed E-state index contributed by atoms with van der Waals surface area (Å²) < 4.78 is 10.7. The fourth-order valence-corrected chi connectivity index (χ4v) is 3.87. The Morgan fingerprint density at radius 2 is 1.77 bits per heavy atom. The summed E-state index contributed by atoms with van der Waals surface area (Å²) in [6.45, 7) is 8.64. The van der Waals surface area contributed by atoms with Gasteiger partial charge in [0.2, 0.25) is 0 Å². The number of anilines is 1. The zero-order valence-electron chi connectivity index (χ0n) is 19.1. The number of aryl methyl sites for hydroxylation is 3. The molecule has 1 aliphatic heterocycles. The lowest BCUT2D eigenvalue weighted by Crippen LogP contribution is -2.29. The fourth-order valence-electron chi connectivity index (χ4n) is 3.87. The number of aliphatic imine (C=N–C) groups is 1. The summed E-state index contributed by atoms with van der Waals surface area (Å²) in [7, 11) is 3.22. The number of methoxy groups -OCH3 is 2. The van der Waals surface area contributed by atoms with Crippen molar-refractivity contribution in [1.82, 2.24) is 5.32 Å². The molecular formula is C25H31N3O3. The zero-order valence-corrected chi connectivity index (χ0v) is 19.1. The third-order valence-electron chi connectivity index (χ3n) is 5.50. The highest BCUT2D eigenvalue weighted by Gasteiger charge is 2.19. The van der Waals surface area contributed by atoms with Crippen molar-refractivity contribution in [3.8, 4) is 11.5 Å². The van der Waals surface area contributed by atoms with Crippen LogP contribution in [0.1, 0.15) is 41.5 Å². The van der Waals surface area contributed by atoms with Crippen molar-refractivity contribution in [2.45, 2.75) is 40.0 Å². The van der Waals surface area contributed by atoms with Gasteiger partial charge in [-0.2, -0.15) is 0 Å². The van der Waals surface area contributed by atoms with Crippen molar-refractivity contribution in [3.63, 3.8) is 0 Å². The smallest absolute Gasteiger partial charge is 0.179 e. The number of ether oxygens (including phenoxy) is 2. The molecule has 2 N–H and O–H groups in total. The van der Waals surface area contributed by atoms with E-state index in [-0.39, 0.29) is 11.7 Å². The summed E-state index contributed by atoms with van der Waals surface area (Å²) in [5.74, 6) is 2.11. The second-order valence-electron chi connectivity index (χ2n) is 7.98. The van der Waals surface area contributed by atoms with Crippen molar-refractivity contribution < 1.29 is 14.3 Å². The highest BCUT2D eigenvalue weighted by atomic mass is 16.5. The highest BCUT2D eigenvalue weighted by Crippen LogP contribution is 2.32. The molecule has 0 spiro atoms. The molecule has 1 aliphatic rings. The average Bonchev–Trinajstić information content (AvgIpc) is 2.75. The lowest BCUT2D eigenvalue weighted by atomic mass is 9.94. The number of carbonyl (C=O) groups excluding carboxylic acids is 1. The van der Waals surface area contributed by atoms with Crippen molar-refractivity contribution in [3.05, 3.63) is 64.4 Å². The number of benzene rings is 2. The minimum atomic E-state index is 0.0341. The number of nitrogens with one attached hydrogen (secondary N) is 2. The van der Waals surface area contributed by atoms with Crippen molar-refractivity contribution in [1.29, 1.82) is 0 Å². The lowest BCUT2D eigenvalue weighted by Gasteiger charge is -2.20. The van der Waals surface area contributed by atoms with Crippen molar-refractivity contribution >= 4 is 17.3 Å². The molecule has 31 heavy (non-hydrogen) atoms. The van der Waals surface area contributed by atoms with Crippen LogP contribution in [-0.4, -0.2) is 32.5 Å². The summed E-state index contributed by atoms with van der Waals surface area (Å²) >= 11 is 0. The normalized spacial score (nSPS) is 14.1. The molecule has 1 heterocycles. The Bertz CT molecular complexity index is 1020. The quantitative estimate of drug-likeness (QED) is 0.681. The minimum absolute atomic E-state index is 0.0341. The summed E-state index contributed by atoms with van der Waals surface area (Å²) in [5, 5.41) is 6.50. The molecule has 0 amide bonds. The Balaban J connectivity index is 1.72. The van der Waals surface area contributed by atoms with Crippen LogP contribution in [0.2, 0.25) is 0 Å². The van der Waals surface area contributed by atoms with E-state index in [2.05, 4.69) is 48.5 Å². The Labute approximate surface area is 184 Å². The summed E-state index contributed by atoms with van der Waals surface area (Å²) in [4.78, 5) is 17.4. The number of amidine groups is 1. The van der Waals surface area contributed by atoms with E-state index in [9.17, 15) is 4.79 Å². The SMILES string of the molecule is COc1ccc(C(C)CC(=O)C2=CC(Nc3c(C)cc(C)cc3C)=NCN2)cc1OC. The third kappa shape index (κ3) is 5.26. The number of hydrogen-bond acceptors (Lipinski definition) is 6. The van der Waals surface area contributed by atoms with Crippen LogP contribution in [0, 0.1) is 20.8 Å². The van der Waals surface area contributed by atoms with Gasteiger partial charge in [-0.3, -0.25) is 4.79 Å². The molecule has 6 nitrogen and oxygen atoms in total. The molecule has 6 heteroatoms. The van der Waals surface area contributed by atoms with Crippen LogP contribution in [-0.2, 0) is 4.79 Å². The molecule has 0 aliphatic carbocycles. The van der Waals surface area contributed by atoms with Gasteiger partial charge in [0, 0.05) is 18.2 Å². The molecule has 0 aromatic heterocycles. The maximum absolute atomic E-state index is 13.0. The Kier molecular flexibility index (Phi) is 7.00. The molecule has 3 rings (SSSR count). The summed E-state index contributed by atoms with van der Waals surface area (Å²) in [5.41, 5.74) is 6.17. The summed E-state index contributed by atoms with van der Waals surface area (Å²) in [6, 6.07) is 10.0. The summed E-state index contributed by atoms with van der Waals surface area (Å²) in [6.07, 6.45) is 2.18. The molecule has 2 aromatic rings. The molecule has 1 atom stereocenters. The number of nitrogens with zero attached hydrogens (tertiary/aromatic N) is 1. The highest BCUT2D eigenvalue weighted by molar-refractivity contribution is 6.10. The maximum Gasteiger partial charge on any atom is 0.179 e. The Morgan fingerprint density at radius 1 is 1.10 bits per heavy atom. The fraction of sp³-hybridized carbons (Fsp3) is 0.360. The van der Waals surface area contributed by atoms with Gasteiger partial charge in [-0.25, -0.2) is 4.99 Å². The first kappa shape index (κ1) is 22.4. The first-order valence-corrected chi connectivity index (χ1v) is 10.4. The maximum atomic E-state index is 13.0. The average molecular weight is 422 g/mol. The molecule has 0 saturated heterocycles. The van der Waals surface area contributed by atoms with Gasteiger partial charge in [-0.05, 0) is 55.5 Å². The zero-order chi connectivity index (χ0) is 22.5. The van der Waals surface area contributed by atoms with Crippen LogP contribution in [0.15, 0.2) is 47.1 Å². The van der Waals surface area contributed by atoms with Crippen LogP contribution < -0.4 is 20.1 Å². The molecule has 0 bridgehead atoms. The van der Waals surface area contributed by atoms with E-state index in [4.69, 9.17) is 9.47 Å². The molecule has 2 aromatic carbocycles. The molecule has 164 valence electrons. The van der Waals surface area contributed by atoms with Crippen LogP contribution in [0.3, 0.4) is 0 Å². The minimum Gasteiger partial charge on any atom is -0.493 e. The standard InChI is InChI=1S/C25H31N3O3/c1-15-9-17(3)25(18(4)10-15)28-24-13-20(26-14-27-24)21(29)11-16(2)19-7-8-22(30-5)23(12-19)31-6/h7-10,12-13,16,26H,11,14H2,1-6H3,(H,27,28). The number of allylic oxidation sites excluding steroid dienone is 1. The molecule has 1 unspecified atom stereocenters. The largest absolute Gasteiger partial charge is 0.493 e. The van der Waals surface area contributed by atoms with E-state index >= 15 is 0 Å². The molecule has 0 fully saturated rings. The van der Waals surface area contributed by atoms with Gasteiger partial charge in [0.25, 0.3) is 0 Å². The lowest BCUT2D eigenvalue weighted by molar-refractivity contribution is -0.116. The number of Topliss-reactive ketones (excluding diaryl/α,β-unsaturated/α-hetero) is 1. The van der Waals surface area contributed by atoms with Gasteiger partial charge in [0.1, 0.15) is 12.5 Å². The van der Waals surface area contributed by atoms with E-state index in [0.717, 1.165) is 22.4 Å². The van der Waals surface area contributed by atoms with Gasteiger partial charge in [-0.15, -0.1) is 0 Å². The molecule has 0 radical (unpaired) electrons. The predicted molar refractivity (Wildman–Crippen MR) is 125 cm³/mol. The van der Waals surface area contributed by atoms with Crippen LogP contribution in [0.4, 0.5) is 5.69 Å². The predicted octanol–water partition coefficient (Wildman–Crippen LogP) is 4.65. The van der Waals surface area contributed by atoms with Gasteiger partial charge in [0.05, 0.1) is 19.9 Å². The van der Waals surface area contributed by atoms with E-state index in [1.807, 2.05) is 25.1 Å². The number of carbonyl (C=O) groups is 1. The van der Waals surface area contributed by atoms with Crippen LogP contribution in [0.5, 0.6) is 11.5 Å². The Hall–Kier alpha value is -3.28. The van der Waals surface area contributed by atoms with Gasteiger partial charge < -0.3 is 20.1 Å². The third-order valence-corrected chi connectivity index (χ3v) is 5.50. The Morgan fingerprint density at radius 3 is 2.42 bits per heavy atom. The van der Waals surface area contributed by atoms with E-state index in [0.29, 0.717) is 36.1 Å². The topological polar surface area (TPSA) is 72.0 Å². The van der Waals surface area contributed by atoms with Gasteiger partial charge >= 0.3 is 0 Å². The van der Waals surface area contributed by atoms with Crippen LogP contribution in [0.25, 0.3) is 0 Å². The van der Waals surface area contributed by atoms with Gasteiger partial charge in [0.15, 0.2) is 17.3 Å². The second-order valence-corrected chi connectivity index (χ2v) is 7.98. The molecular weight excluding hydrogens is 390 g/mol. The van der Waals surface area contributed by atoms with Gasteiger partial charge in [-0.1, -0.05) is 30.7 Å². The van der Waals surface area contributed by atoms with Crippen molar-refractivity contribution in [2.24, 2.45) is 4.99 Å². The first-order valence-electron chi connectivity index (χ1n) is 10.4. The van der Waals surface area contributed by atoms with Crippen molar-refractivity contribution in [2.75, 3.05) is 26.2 Å². The van der Waals surface area contributed by atoms with E-state index < -0.39 is 0 Å². The van der Waals surface area contributed by atoms with E-state index in [1.54, 1.807) is 20.3 Å². The number of ketones is 1. The second kappa shape index (κ2) is 9.69. The first-order chi connectivity index (χ1) is 14.8. The monoisotopic (exact) mass is 421 g/mol. The van der Waals surface area contributed by atoms with Crippen LogP contribution >= 0.6 is 0 Å².